The molecule has 0 saturated carbocycles. The summed E-state index contributed by atoms with van der Waals surface area (Å²) in [6, 6.07) is 1.96. The van der Waals surface area contributed by atoms with Gasteiger partial charge >= 0.3 is 5.97 Å². The summed E-state index contributed by atoms with van der Waals surface area (Å²) in [5, 5.41) is 17.6. The molecule has 5 heteroatoms. The molecule has 1 aromatic heterocycles. The van der Waals surface area contributed by atoms with Crippen LogP contribution in [0.3, 0.4) is 0 Å². The highest BCUT2D eigenvalue weighted by molar-refractivity contribution is 7.14. The number of aryl methyl sites for hydroxylation is 1. The summed E-state index contributed by atoms with van der Waals surface area (Å²) >= 11 is 1.11. The standard InChI is InChI=1S/C9H8N2O2S/c1-6-8(9(12)13)14-7(11-6)4-2-3-5-10/h2,4H,3H2,1H3,(H,12,13). The van der Waals surface area contributed by atoms with Crippen LogP contribution in [0.1, 0.15) is 26.8 Å². The second kappa shape index (κ2) is 4.53. The molecular formula is C9H8N2O2S. The molecule has 0 aromatic carbocycles. The highest BCUT2D eigenvalue weighted by atomic mass is 32.1. The van der Waals surface area contributed by atoms with Crippen molar-refractivity contribution in [3.8, 4) is 6.07 Å². The average molecular weight is 208 g/mol. The fourth-order valence-corrected chi connectivity index (χ4v) is 1.74. The van der Waals surface area contributed by atoms with Gasteiger partial charge in [-0.25, -0.2) is 9.78 Å². The first-order chi connectivity index (χ1) is 6.65. The summed E-state index contributed by atoms with van der Waals surface area (Å²) < 4.78 is 0. The molecule has 0 atom stereocenters. The minimum Gasteiger partial charge on any atom is -0.477 e. The molecule has 0 unspecified atom stereocenters. The van der Waals surface area contributed by atoms with E-state index in [9.17, 15) is 4.79 Å². The Morgan fingerprint density at radius 1 is 1.79 bits per heavy atom. The number of allylic oxidation sites excluding steroid dienone is 1. The van der Waals surface area contributed by atoms with E-state index in [2.05, 4.69) is 4.98 Å². The number of carboxylic acids is 1. The smallest absolute Gasteiger partial charge is 0.347 e. The number of aromatic carboxylic acids is 1. The van der Waals surface area contributed by atoms with E-state index in [0.29, 0.717) is 17.1 Å². The van der Waals surface area contributed by atoms with Crippen LogP contribution in [0.5, 0.6) is 0 Å². The van der Waals surface area contributed by atoms with Crippen molar-refractivity contribution in [2.45, 2.75) is 13.3 Å². The zero-order valence-electron chi connectivity index (χ0n) is 7.52. The highest BCUT2D eigenvalue weighted by Gasteiger charge is 2.11. The Bertz CT molecular complexity index is 415. The Labute approximate surface area is 85.1 Å². The lowest BCUT2D eigenvalue weighted by molar-refractivity contribution is 0.0701. The topological polar surface area (TPSA) is 74.0 Å². The molecule has 0 aliphatic rings. The van der Waals surface area contributed by atoms with Crippen LogP contribution < -0.4 is 0 Å². The minimum atomic E-state index is -0.958. The molecular weight excluding hydrogens is 200 g/mol. The number of carbonyl (C=O) groups is 1. The van der Waals surface area contributed by atoms with Crippen molar-refractivity contribution in [3.63, 3.8) is 0 Å². The van der Waals surface area contributed by atoms with Crippen molar-refractivity contribution in [3.05, 3.63) is 21.7 Å². The molecule has 1 rings (SSSR count). The van der Waals surface area contributed by atoms with Gasteiger partial charge < -0.3 is 5.11 Å². The van der Waals surface area contributed by atoms with Gasteiger partial charge in [0.2, 0.25) is 0 Å². The molecule has 72 valence electrons. The van der Waals surface area contributed by atoms with Gasteiger partial charge in [0.1, 0.15) is 9.88 Å². The number of rotatable bonds is 3. The van der Waals surface area contributed by atoms with Gasteiger partial charge in [0, 0.05) is 0 Å². The van der Waals surface area contributed by atoms with E-state index < -0.39 is 5.97 Å². The van der Waals surface area contributed by atoms with Gasteiger partial charge in [-0.3, -0.25) is 0 Å². The predicted molar refractivity (Wildman–Crippen MR) is 53.1 cm³/mol. The van der Waals surface area contributed by atoms with Crippen molar-refractivity contribution in [1.82, 2.24) is 4.98 Å². The molecule has 0 amide bonds. The summed E-state index contributed by atoms with van der Waals surface area (Å²) in [5.74, 6) is -0.958. The molecule has 0 fully saturated rings. The van der Waals surface area contributed by atoms with Crippen LogP contribution in [0.2, 0.25) is 0 Å². The average Bonchev–Trinajstić information content (AvgIpc) is 2.47. The Morgan fingerprint density at radius 2 is 2.50 bits per heavy atom. The van der Waals surface area contributed by atoms with Gasteiger partial charge in [-0.15, -0.1) is 11.3 Å². The van der Waals surface area contributed by atoms with Gasteiger partial charge in [-0.2, -0.15) is 5.26 Å². The summed E-state index contributed by atoms with van der Waals surface area (Å²) in [6.45, 7) is 1.65. The number of hydrogen-bond donors (Lipinski definition) is 1. The lowest BCUT2D eigenvalue weighted by Crippen LogP contribution is -1.94. The lowest BCUT2D eigenvalue weighted by atomic mass is 10.4. The van der Waals surface area contributed by atoms with Crippen LogP contribution in [0.4, 0.5) is 0 Å². The number of thiazole rings is 1. The maximum absolute atomic E-state index is 10.7. The maximum atomic E-state index is 10.7. The number of carboxylic acid groups (broad SMARTS) is 1. The number of hydrogen-bond acceptors (Lipinski definition) is 4. The zero-order chi connectivity index (χ0) is 10.6. The Kier molecular flexibility index (Phi) is 3.37. The molecule has 0 spiro atoms. The zero-order valence-corrected chi connectivity index (χ0v) is 8.34. The first kappa shape index (κ1) is 10.4. The maximum Gasteiger partial charge on any atom is 0.347 e. The third-order valence-electron chi connectivity index (χ3n) is 1.48. The quantitative estimate of drug-likeness (QED) is 0.825. The monoisotopic (exact) mass is 208 g/mol. The Hall–Kier alpha value is -1.67. The van der Waals surface area contributed by atoms with Crippen molar-refractivity contribution >= 4 is 23.4 Å². The van der Waals surface area contributed by atoms with Gasteiger partial charge in [-0.1, -0.05) is 6.08 Å². The van der Waals surface area contributed by atoms with Crippen molar-refractivity contribution in [2.75, 3.05) is 0 Å². The first-order valence-electron chi connectivity index (χ1n) is 3.89. The molecule has 4 nitrogen and oxygen atoms in total. The van der Waals surface area contributed by atoms with E-state index in [1.807, 2.05) is 6.07 Å². The van der Waals surface area contributed by atoms with Gasteiger partial charge in [0.15, 0.2) is 0 Å². The normalized spacial score (nSPS) is 10.3. The summed E-state index contributed by atoms with van der Waals surface area (Å²) in [4.78, 5) is 15.0. The number of aromatic nitrogens is 1. The molecule has 0 bridgehead atoms. The second-order valence-electron chi connectivity index (χ2n) is 2.54. The van der Waals surface area contributed by atoms with E-state index in [4.69, 9.17) is 10.4 Å². The largest absolute Gasteiger partial charge is 0.477 e. The molecule has 14 heavy (non-hydrogen) atoms. The summed E-state index contributed by atoms with van der Waals surface area (Å²) in [5.41, 5.74) is 0.513. The van der Waals surface area contributed by atoms with E-state index in [1.165, 1.54) is 0 Å². The van der Waals surface area contributed by atoms with Gasteiger partial charge in [-0.05, 0) is 13.0 Å². The van der Waals surface area contributed by atoms with E-state index in [-0.39, 0.29) is 4.88 Å². The van der Waals surface area contributed by atoms with Crippen LogP contribution in [-0.4, -0.2) is 16.1 Å². The highest BCUT2D eigenvalue weighted by Crippen LogP contribution is 2.19. The van der Waals surface area contributed by atoms with Crippen molar-refractivity contribution in [1.29, 1.82) is 5.26 Å². The molecule has 1 N–H and O–H groups in total. The van der Waals surface area contributed by atoms with Crippen LogP contribution in [0.15, 0.2) is 6.08 Å². The molecule has 0 aliphatic carbocycles. The molecule has 0 radical (unpaired) electrons. The molecule has 1 heterocycles. The van der Waals surface area contributed by atoms with E-state index in [0.717, 1.165) is 11.3 Å². The van der Waals surface area contributed by atoms with Crippen molar-refractivity contribution < 1.29 is 9.90 Å². The minimum absolute atomic E-state index is 0.251. The number of nitriles is 1. The Morgan fingerprint density at radius 3 is 3.00 bits per heavy atom. The summed E-state index contributed by atoms with van der Waals surface area (Å²) in [6.07, 6.45) is 3.62. The van der Waals surface area contributed by atoms with Crippen molar-refractivity contribution in [2.24, 2.45) is 0 Å². The fourth-order valence-electron chi connectivity index (χ4n) is 0.899. The van der Waals surface area contributed by atoms with E-state index in [1.54, 1.807) is 19.1 Å². The predicted octanol–water partition coefficient (Wildman–Crippen LogP) is 2.08. The van der Waals surface area contributed by atoms with Gasteiger partial charge in [0.25, 0.3) is 0 Å². The molecule has 0 aliphatic heterocycles. The Balaban J connectivity index is 2.87. The van der Waals surface area contributed by atoms with E-state index >= 15 is 0 Å². The third kappa shape index (κ3) is 2.41. The molecule has 0 saturated heterocycles. The fraction of sp³-hybridized carbons (Fsp3) is 0.222. The van der Waals surface area contributed by atoms with Crippen LogP contribution in [-0.2, 0) is 0 Å². The third-order valence-corrected chi connectivity index (χ3v) is 2.59. The van der Waals surface area contributed by atoms with Gasteiger partial charge in [0.05, 0.1) is 18.2 Å². The summed E-state index contributed by atoms with van der Waals surface area (Å²) in [7, 11) is 0. The first-order valence-corrected chi connectivity index (χ1v) is 4.71. The second-order valence-corrected chi connectivity index (χ2v) is 3.57. The molecule has 1 aromatic rings. The number of nitrogens with zero attached hydrogens (tertiary/aromatic N) is 2. The van der Waals surface area contributed by atoms with Crippen LogP contribution in [0.25, 0.3) is 6.08 Å². The lowest BCUT2D eigenvalue weighted by Gasteiger charge is -1.84. The van der Waals surface area contributed by atoms with Crippen LogP contribution in [0, 0.1) is 18.3 Å². The SMILES string of the molecule is Cc1nc(C=CCC#N)sc1C(=O)O. The van der Waals surface area contributed by atoms with Crippen LogP contribution >= 0.6 is 11.3 Å².